The Balaban J connectivity index is 1.71. The van der Waals surface area contributed by atoms with Gasteiger partial charge in [-0.2, -0.15) is 0 Å². The van der Waals surface area contributed by atoms with Crippen molar-refractivity contribution < 1.29 is 9.47 Å². The van der Waals surface area contributed by atoms with Gasteiger partial charge in [-0.1, -0.05) is 29.8 Å². The van der Waals surface area contributed by atoms with Crippen LogP contribution in [0.1, 0.15) is 18.1 Å². The average Bonchev–Trinajstić information content (AvgIpc) is 2.96. The summed E-state index contributed by atoms with van der Waals surface area (Å²) in [6.45, 7) is 6.52. The van der Waals surface area contributed by atoms with Gasteiger partial charge in [-0.15, -0.1) is 0 Å². The van der Waals surface area contributed by atoms with Crippen LogP contribution in [0.2, 0.25) is 0 Å². The first-order valence-corrected chi connectivity index (χ1v) is 7.70. The lowest BCUT2D eigenvalue weighted by molar-refractivity contribution is 0.174. The summed E-state index contributed by atoms with van der Waals surface area (Å²) in [5, 5.41) is 3.49. The van der Waals surface area contributed by atoms with E-state index in [4.69, 9.17) is 9.47 Å². The maximum Gasteiger partial charge on any atom is 0.231 e. The molecule has 0 amide bonds. The van der Waals surface area contributed by atoms with Gasteiger partial charge in [0.25, 0.3) is 0 Å². The number of aryl methyl sites for hydroxylation is 1. The Labute approximate surface area is 130 Å². The minimum Gasteiger partial charge on any atom is -0.454 e. The van der Waals surface area contributed by atoms with Gasteiger partial charge in [0.2, 0.25) is 6.79 Å². The van der Waals surface area contributed by atoms with Crippen molar-refractivity contribution in [2.45, 2.75) is 26.4 Å². The second-order valence-corrected chi connectivity index (χ2v) is 6.07. The number of nitrogens with one attached hydrogen (secondary N) is 1. The molecule has 4 rings (SSSR count). The summed E-state index contributed by atoms with van der Waals surface area (Å²) < 4.78 is 11.0. The van der Waals surface area contributed by atoms with Crippen LogP contribution in [0.4, 0.5) is 11.4 Å². The number of hydrogen-bond acceptors (Lipinski definition) is 4. The van der Waals surface area contributed by atoms with Gasteiger partial charge in [0, 0.05) is 31.3 Å². The van der Waals surface area contributed by atoms with E-state index in [2.05, 4.69) is 54.4 Å². The van der Waals surface area contributed by atoms with E-state index in [0.29, 0.717) is 12.8 Å². The van der Waals surface area contributed by atoms with Crippen LogP contribution in [-0.2, 0) is 6.54 Å². The van der Waals surface area contributed by atoms with Gasteiger partial charge in [0.1, 0.15) is 0 Å². The third kappa shape index (κ3) is 2.25. The van der Waals surface area contributed by atoms with E-state index in [9.17, 15) is 0 Å². The first-order valence-electron chi connectivity index (χ1n) is 7.70. The highest BCUT2D eigenvalue weighted by Gasteiger charge is 2.27. The number of rotatable bonds is 2. The summed E-state index contributed by atoms with van der Waals surface area (Å²) in [6.07, 6.45) is 0. The molecule has 1 unspecified atom stereocenters. The third-order valence-electron chi connectivity index (χ3n) is 4.36. The second-order valence-electron chi connectivity index (χ2n) is 6.07. The zero-order chi connectivity index (χ0) is 15.1. The number of hydrogen-bond donors (Lipinski definition) is 1. The molecule has 0 fully saturated rings. The fraction of sp³-hybridized carbons (Fsp3) is 0.333. The normalized spacial score (nSPS) is 18.8. The zero-order valence-electron chi connectivity index (χ0n) is 12.9. The van der Waals surface area contributed by atoms with E-state index in [-0.39, 0.29) is 0 Å². The molecule has 1 atom stereocenters. The topological polar surface area (TPSA) is 33.7 Å². The average molecular weight is 296 g/mol. The van der Waals surface area contributed by atoms with Crippen LogP contribution in [0.25, 0.3) is 0 Å². The van der Waals surface area contributed by atoms with Gasteiger partial charge in [-0.05, 0) is 19.4 Å². The highest BCUT2D eigenvalue weighted by atomic mass is 16.7. The fourth-order valence-electron chi connectivity index (χ4n) is 3.16. The van der Waals surface area contributed by atoms with Crippen LogP contribution in [0.5, 0.6) is 11.5 Å². The summed E-state index contributed by atoms with van der Waals surface area (Å²) in [5.41, 5.74) is 4.93. The fourth-order valence-corrected chi connectivity index (χ4v) is 3.16. The first kappa shape index (κ1) is 13.3. The summed E-state index contributed by atoms with van der Waals surface area (Å²) in [6, 6.07) is 13.3. The lowest BCUT2D eigenvalue weighted by Crippen LogP contribution is -2.41. The van der Waals surface area contributed by atoms with Gasteiger partial charge in [0.15, 0.2) is 11.5 Å². The van der Waals surface area contributed by atoms with E-state index in [1.54, 1.807) is 0 Å². The quantitative estimate of drug-likeness (QED) is 0.919. The molecule has 2 aliphatic heterocycles. The molecule has 22 heavy (non-hydrogen) atoms. The Morgan fingerprint density at radius 1 is 1.18 bits per heavy atom. The second kappa shape index (κ2) is 5.13. The molecule has 0 radical (unpaired) electrons. The van der Waals surface area contributed by atoms with Crippen molar-refractivity contribution in [1.29, 1.82) is 0 Å². The Bertz CT molecular complexity index is 714. The van der Waals surface area contributed by atoms with E-state index in [1.807, 2.05) is 6.07 Å². The third-order valence-corrected chi connectivity index (χ3v) is 4.36. The molecule has 2 aliphatic rings. The number of ether oxygens (including phenoxy) is 2. The van der Waals surface area contributed by atoms with Crippen LogP contribution in [0.3, 0.4) is 0 Å². The van der Waals surface area contributed by atoms with Crippen LogP contribution in [0.15, 0.2) is 36.4 Å². The molecule has 2 heterocycles. The summed E-state index contributed by atoms with van der Waals surface area (Å²) in [5.74, 6) is 1.67. The molecule has 0 bridgehead atoms. The van der Waals surface area contributed by atoms with Crippen LogP contribution < -0.4 is 19.7 Å². The van der Waals surface area contributed by atoms with Crippen molar-refractivity contribution in [2.24, 2.45) is 0 Å². The van der Waals surface area contributed by atoms with Gasteiger partial charge in [0.05, 0.1) is 11.4 Å². The maximum absolute atomic E-state index is 5.54. The predicted octanol–water partition coefficient (Wildman–Crippen LogP) is 3.54. The zero-order valence-corrected chi connectivity index (χ0v) is 12.9. The Hall–Kier alpha value is -2.36. The minimum absolute atomic E-state index is 0.311. The van der Waals surface area contributed by atoms with Crippen molar-refractivity contribution in [3.63, 3.8) is 0 Å². The molecule has 0 aromatic heterocycles. The largest absolute Gasteiger partial charge is 0.454 e. The molecule has 0 spiro atoms. The molecule has 114 valence electrons. The minimum atomic E-state index is 0.311. The molecular weight excluding hydrogens is 276 g/mol. The van der Waals surface area contributed by atoms with Crippen molar-refractivity contribution in [2.75, 3.05) is 23.6 Å². The van der Waals surface area contributed by atoms with Crippen LogP contribution >= 0.6 is 0 Å². The van der Waals surface area contributed by atoms with Crippen molar-refractivity contribution in [3.05, 3.63) is 47.5 Å². The molecule has 4 heteroatoms. The molecule has 2 aromatic rings. The van der Waals surface area contributed by atoms with E-state index < -0.39 is 0 Å². The van der Waals surface area contributed by atoms with Crippen molar-refractivity contribution in [3.8, 4) is 11.5 Å². The first-order chi connectivity index (χ1) is 10.7. The predicted molar refractivity (Wildman–Crippen MR) is 87.9 cm³/mol. The van der Waals surface area contributed by atoms with E-state index >= 15 is 0 Å². The molecular formula is C18H20N2O2. The van der Waals surface area contributed by atoms with Gasteiger partial charge < -0.3 is 19.7 Å². The van der Waals surface area contributed by atoms with Gasteiger partial charge in [-0.25, -0.2) is 0 Å². The Morgan fingerprint density at radius 2 is 2.00 bits per heavy atom. The summed E-state index contributed by atoms with van der Waals surface area (Å²) >= 11 is 0. The lowest BCUT2D eigenvalue weighted by Gasteiger charge is -2.38. The van der Waals surface area contributed by atoms with Crippen molar-refractivity contribution in [1.82, 2.24) is 0 Å². The van der Waals surface area contributed by atoms with Crippen molar-refractivity contribution >= 4 is 11.4 Å². The summed E-state index contributed by atoms with van der Waals surface area (Å²) in [4.78, 5) is 2.43. The molecule has 4 nitrogen and oxygen atoms in total. The SMILES string of the molecule is Cc1cccc(CN2c3cc4c(cc3NCC2C)OCO4)c1. The highest BCUT2D eigenvalue weighted by molar-refractivity contribution is 5.77. The summed E-state index contributed by atoms with van der Waals surface area (Å²) in [7, 11) is 0. The monoisotopic (exact) mass is 296 g/mol. The Kier molecular flexibility index (Phi) is 3.10. The Morgan fingerprint density at radius 3 is 2.82 bits per heavy atom. The molecule has 0 saturated carbocycles. The lowest BCUT2D eigenvalue weighted by atomic mass is 10.1. The number of fused-ring (bicyclic) bond motifs is 2. The van der Waals surface area contributed by atoms with Crippen LogP contribution in [-0.4, -0.2) is 19.4 Å². The van der Waals surface area contributed by atoms with Gasteiger partial charge in [-0.3, -0.25) is 0 Å². The number of benzene rings is 2. The van der Waals surface area contributed by atoms with Gasteiger partial charge >= 0.3 is 0 Å². The van der Waals surface area contributed by atoms with Crippen LogP contribution in [0, 0.1) is 6.92 Å². The maximum atomic E-state index is 5.54. The standard InChI is InChI=1S/C18H20N2O2/c1-12-4-3-5-14(6-12)10-20-13(2)9-19-15-7-17-18(8-16(15)20)22-11-21-17/h3-8,13,19H,9-11H2,1-2H3. The highest BCUT2D eigenvalue weighted by Crippen LogP contribution is 2.43. The molecule has 0 aliphatic carbocycles. The molecule has 1 N–H and O–H groups in total. The number of nitrogens with zero attached hydrogens (tertiary/aromatic N) is 1. The van der Waals surface area contributed by atoms with E-state index in [0.717, 1.165) is 30.3 Å². The smallest absolute Gasteiger partial charge is 0.231 e. The molecule has 0 saturated heterocycles. The van der Waals surface area contributed by atoms with E-state index in [1.165, 1.54) is 16.8 Å². The number of anilines is 2. The molecule has 2 aromatic carbocycles.